The number of aryl methyl sites for hydroxylation is 1. The molecule has 5 heterocycles. The Bertz CT molecular complexity index is 2790. The number of aliphatic hydroxyl groups excluding tert-OH is 1. The van der Waals surface area contributed by atoms with Gasteiger partial charge in [0, 0.05) is 72.9 Å². The number of hydrazine groups is 1. The van der Waals surface area contributed by atoms with Crippen LogP contribution in [0.3, 0.4) is 0 Å². The highest BCUT2D eigenvalue weighted by Gasteiger charge is 2.56. The van der Waals surface area contributed by atoms with Crippen LogP contribution in [0.25, 0.3) is 11.3 Å². The number of fused-ring (bicyclic) bond motifs is 2. The van der Waals surface area contributed by atoms with E-state index in [4.69, 9.17) is 14.5 Å². The molecular formula is C54H65F5N10O8. The molecule has 5 N–H and O–H groups in total. The van der Waals surface area contributed by atoms with Crippen LogP contribution in [0, 0.1) is 41.2 Å². The van der Waals surface area contributed by atoms with E-state index < -0.39 is 95.5 Å². The minimum Gasteiger partial charge on any atom is -0.453 e. The van der Waals surface area contributed by atoms with Gasteiger partial charge in [0.05, 0.1) is 68.6 Å². The van der Waals surface area contributed by atoms with Gasteiger partial charge in [-0.05, 0) is 87.4 Å². The SMILES string of the molecule is COC(=O)NC(C(=O)N[C@@H](Cc1ccc(C#Cc2ccc(N3CC4CCC(C3)N4C3COC3)nc2C)cc1)[C@@H](O)CN(Cc1c(F)cc(-c2cnccn2)cc1F)NC(=O)[C@@H](NC(=O)OC)C(C)(C)C)C(C)(C)C(F)(F)F. The highest BCUT2D eigenvalue weighted by molar-refractivity contribution is 5.87. The molecule has 7 rings (SSSR count). The Kier molecular flexibility index (Phi) is 18.1. The molecule has 414 valence electrons. The van der Waals surface area contributed by atoms with Gasteiger partial charge in [0.1, 0.15) is 29.5 Å². The maximum absolute atomic E-state index is 16.0. The molecule has 18 nitrogen and oxygen atoms in total. The number of benzene rings is 2. The van der Waals surface area contributed by atoms with Crippen LogP contribution in [0.5, 0.6) is 0 Å². The number of methoxy groups -OCH3 is 2. The second kappa shape index (κ2) is 24.1. The van der Waals surface area contributed by atoms with Gasteiger partial charge < -0.3 is 40.2 Å². The average molecular weight is 1080 g/mol. The summed E-state index contributed by atoms with van der Waals surface area (Å²) in [5, 5.41) is 20.0. The van der Waals surface area contributed by atoms with Gasteiger partial charge in [0.15, 0.2) is 0 Å². The van der Waals surface area contributed by atoms with Crippen molar-refractivity contribution in [1.29, 1.82) is 0 Å². The fourth-order valence-corrected chi connectivity index (χ4v) is 9.67. The number of pyridine rings is 1. The van der Waals surface area contributed by atoms with Gasteiger partial charge in [-0.25, -0.2) is 28.4 Å². The molecule has 4 aromatic rings. The number of aromatic nitrogens is 3. The molecule has 3 aliphatic heterocycles. The Morgan fingerprint density at radius 2 is 1.47 bits per heavy atom. The number of rotatable bonds is 17. The van der Waals surface area contributed by atoms with Crippen LogP contribution in [0.15, 0.2) is 67.1 Å². The largest absolute Gasteiger partial charge is 0.453 e. The van der Waals surface area contributed by atoms with Crippen molar-refractivity contribution in [2.45, 2.75) is 116 Å². The molecule has 3 unspecified atom stereocenters. The summed E-state index contributed by atoms with van der Waals surface area (Å²) in [6, 6.07) is 8.73. The number of anilines is 1. The van der Waals surface area contributed by atoms with Crippen molar-refractivity contribution in [1.82, 2.24) is 46.2 Å². The molecule has 0 aliphatic carbocycles. The molecule has 0 saturated carbocycles. The highest BCUT2D eigenvalue weighted by atomic mass is 19.4. The third-order valence-electron chi connectivity index (χ3n) is 14.3. The third-order valence-corrected chi connectivity index (χ3v) is 14.3. The van der Waals surface area contributed by atoms with E-state index in [9.17, 15) is 37.5 Å². The van der Waals surface area contributed by atoms with E-state index in [0.29, 0.717) is 48.7 Å². The number of nitrogens with one attached hydrogen (secondary N) is 4. The lowest BCUT2D eigenvalue weighted by Gasteiger charge is -2.48. The van der Waals surface area contributed by atoms with Gasteiger partial charge in [-0.3, -0.25) is 29.9 Å². The molecule has 3 saturated heterocycles. The Balaban J connectivity index is 1.16. The zero-order chi connectivity index (χ0) is 56.0. The van der Waals surface area contributed by atoms with Gasteiger partial charge in [-0.1, -0.05) is 44.7 Å². The molecule has 3 fully saturated rings. The van der Waals surface area contributed by atoms with Crippen molar-refractivity contribution in [3.8, 4) is 23.1 Å². The molecule has 77 heavy (non-hydrogen) atoms. The number of piperazine rings is 1. The normalized spacial score (nSPS) is 18.5. The molecule has 0 radical (unpaired) electrons. The van der Waals surface area contributed by atoms with Crippen LogP contribution in [0.1, 0.15) is 75.4 Å². The standard InChI is InChI=1S/C54H65F5N10O8/c1-31-34(15-18-45(62-31)67-25-36-16-17-37(26-67)69(36)38-29-77-30-38)14-13-32-9-11-33(12-10-32)21-42(63-48(71)47(65-51(74)76-8)53(5,6)54(57,58)59)44(70)28-68(66-49(72)46(52(2,3)4)64-50(73)75-7)27-39-40(55)22-35(23-41(39)56)43-24-60-19-20-61-43/h9-12,15,18-20,22-24,36-38,42,44,46-47,70H,16-17,21,25-30H2,1-8H3,(H,63,71)(H,64,73)(H,65,74)(H,66,72)/t36?,37?,42-,44-,46+,47?/m0/s1. The first-order valence-electron chi connectivity index (χ1n) is 25.1. The summed E-state index contributed by atoms with van der Waals surface area (Å²) in [5.74, 6) is 2.75. The van der Waals surface area contributed by atoms with Crippen molar-refractivity contribution in [3.05, 3.63) is 107 Å². The number of carbonyl (C=O) groups excluding carboxylic acids is 4. The van der Waals surface area contributed by atoms with Crippen LogP contribution >= 0.6 is 0 Å². The summed E-state index contributed by atoms with van der Waals surface area (Å²) >= 11 is 0. The van der Waals surface area contributed by atoms with Gasteiger partial charge in [0.2, 0.25) is 5.91 Å². The fraction of sp³-hybridized carbons (Fsp3) is 0.500. The molecular weight excluding hydrogens is 1010 g/mol. The predicted molar refractivity (Wildman–Crippen MR) is 272 cm³/mol. The van der Waals surface area contributed by atoms with E-state index in [-0.39, 0.29) is 17.7 Å². The van der Waals surface area contributed by atoms with Crippen LogP contribution in [0.2, 0.25) is 0 Å². The van der Waals surface area contributed by atoms with Crippen molar-refractivity contribution >= 4 is 29.8 Å². The lowest BCUT2D eigenvalue weighted by molar-refractivity contribution is -0.220. The summed E-state index contributed by atoms with van der Waals surface area (Å²) in [6.07, 6.45) is -3.23. The molecule has 2 aromatic heterocycles. The second-order valence-corrected chi connectivity index (χ2v) is 21.2. The predicted octanol–water partition coefficient (Wildman–Crippen LogP) is 5.58. The Labute approximate surface area is 443 Å². The lowest BCUT2D eigenvalue weighted by atomic mass is 9.82. The molecule has 4 amide bonds. The minimum absolute atomic E-state index is 0.0342. The Morgan fingerprint density at radius 1 is 0.844 bits per heavy atom. The number of hydrogen-bond donors (Lipinski definition) is 5. The summed E-state index contributed by atoms with van der Waals surface area (Å²) < 4.78 is 90.6. The number of carbonyl (C=O) groups is 4. The summed E-state index contributed by atoms with van der Waals surface area (Å²) in [4.78, 5) is 71.0. The first-order chi connectivity index (χ1) is 36.4. The van der Waals surface area contributed by atoms with Crippen LogP contribution in [-0.4, -0.2) is 150 Å². The second-order valence-electron chi connectivity index (χ2n) is 21.2. The number of amides is 4. The van der Waals surface area contributed by atoms with E-state index >= 15 is 8.78 Å². The molecule has 23 heteroatoms. The first kappa shape index (κ1) is 57.7. The fourth-order valence-electron chi connectivity index (χ4n) is 9.67. The monoisotopic (exact) mass is 1080 g/mol. The molecule has 2 aromatic carbocycles. The minimum atomic E-state index is -5.06. The number of nitrogens with zero attached hydrogens (tertiary/aromatic N) is 6. The Hall–Kier alpha value is -7.00. The molecule has 2 bridgehead atoms. The molecule has 3 aliphatic rings. The van der Waals surface area contributed by atoms with E-state index in [1.54, 1.807) is 45.0 Å². The maximum Gasteiger partial charge on any atom is 0.407 e. The van der Waals surface area contributed by atoms with Crippen LogP contribution < -0.4 is 26.3 Å². The zero-order valence-electron chi connectivity index (χ0n) is 44.1. The lowest BCUT2D eigenvalue weighted by Crippen LogP contribution is -2.63. The van der Waals surface area contributed by atoms with Gasteiger partial charge in [0.25, 0.3) is 5.91 Å². The topological polar surface area (TPSA) is 213 Å². The smallest absolute Gasteiger partial charge is 0.407 e. The van der Waals surface area contributed by atoms with Gasteiger partial charge in [-0.2, -0.15) is 13.2 Å². The average Bonchev–Trinajstić information content (AvgIpc) is 3.60. The van der Waals surface area contributed by atoms with Crippen LogP contribution in [0.4, 0.5) is 37.4 Å². The molecule has 6 atom stereocenters. The zero-order valence-corrected chi connectivity index (χ0v) is 44.1. The number of aliphatic hydroxyl groups is 1. The number of hydrogen-bond acceptors (Lipinski definition) is 14. The Morgan fingerprint density at radius 3 is 2.00 bits per heavy atom. The number of ether oxygens (including phenoxy) is 3. The van der Waals surface area contributed by atoms with Crippen molar-refractivity contribution in [2.75, 3.05) is 52.0 Å². The third kappa shape index (κ3) is 14.0. The van der Waals surface area contributed by atoms with Crippen molar-refractivity contribution in [2.24, 2.45) is 10.8 Å². The maximum atomic E-state index is 16.0. The highest BCUT2D eigenvalue weighted by Crippen LogP contribution is 2.41. The quantitative estimate of drug-likeness (QED) is 0.0497. The van der Waals surface area contributed by atoms with E-state index in [1.807, 2.05) is 24.4 Å². The van der Waals surface area contributed by atoms with Crippen molar-refractivity contribution in [3.63, 3.8) is 0 Å². The number of halogens is 5. The van der Waals surface area contributed by atoms with Gasteiger partial charge in [-0.15, -0.1) is 0 Å². The van der Waals surface area contributed by atoms with Crippen LogP contribution in [-0.2, 0) is 36.8 Å². The van der Waals surface area contributed by atoms with Crippen molar-refractivity contribution < 1.29 is 60.4 Å². The summed E-state index contributed by atoms with van der Waals surface area (Å²) in [5.41, 5.74) is 0.678. The van der Waals surface area contributed by atoms with E-state index in [0.717, 1.165) is 82.0 Å². The number of alkyl carbamates (subject to hydrolysis) is 2. The summed E-state index contributed by atoms with van der Waals surface area (Å²) in [7, 11) is 1.98. The summed E-state index contributed by atoms with van der Waals surface area (Å²) in [6.45, 7) is 9.98. The van der Waals surface area contributed by atoms with E-state index in [1.165, 1.54) is 18.6 Å². The molecule has 0 spiro atoms. The number of alkyl halides is 3. The van der Waals surface area contributed by atoms with Gasteiger partial charge >= 0.3 is 18.4 Å². The first-order valence-corrected chi connectivity index (χ1v) is 25.1. The van der Waals surface area contributed by atoms with E-state index in [2.05, 4.69) is 52.4 Å².